The summed E-state index contributed by atoms with van der Waals surface area (Å²) in [4.78, 5) is 15.1. The van der Waals surface area contributed by atoms with Gasteiger partial charge < -0.3 is 10.6 Å². The predicted octanol–water partition coefficient (Wildman–Crippen LogP) is 0.690. The normalized spacial score (nSPS) is 20.6. The number of hydrogen-bond donors (Lipinski definition) is 2. The average Bonchev–Trinajstić information content (AvgIpc) is 2.51. The fourth-order valence-electron chi connectivity index (χ4n) is 1.53. The van der Waals surface area contributed by atoms with Crippen molar-refractivity contribution in [3.63, 3.8) is 0 Å². The van der Waals surface area contributed by atoms with E-state index in [-0.39, 0.29) is 11.9 Å². The topological polar surface area (TPSA) is 54.0 Å². The van der Waals surface area contributed by atoms with Crippen molar-refractivity contribution in [2.45, 2.75) is 19.4 Å². The van der Waals surface area contributed by atoms with Crippen molar-refractivity contribution in [2.24, 2.45) is 0 Å². The van der Waals surface area contributed by atoms with Gasteiger partial charge in [-0.25, -0.2) is 4.98 Å². The molecular weight excluding hydrogens is 178 g/mol. The molecule has 2 N–H and O–H groups in total. The number of aromatic nitrogens is 1. The molecule has 0 saturated carbocycles. The first-order valence-electron chi connectivity index (χ1n) is 4.70. The molecule has 2 heterocycles. The van der Waals surface area contributed by atoms with Gasteiger partial charge in [-0.3, -0.25) is 4.79 Å². The van der Waals surface area contributed by atoms with Gasteiger partial charge in [0.05, 0.1) is 6.04 Å². The first kappa shape index (κ1) is 8.99. The maximum atomic E-state index is 10.9. The molecule has 74 valence electrons. The first-order chi connectivity index (χ1) is 6.74. The van der Waals surface area contributed by atoms with E-state index in [4.69, 9.17) is 0 Å². The van der Waals surface area contributed by atoms with Crippen LogP contribution in [0.4, 0.5) is 5.82 Å². The van der Waals surface area contributed by atoms with E-state index in [0.717, 1.165) is 5.82 Å². The standard InChI is InChI=1S/C10H13N3O/c1-7-2-3-11-9(4-7)13-8-5-10(14)12-6-8/h2-4,8H,5-6H2,1H3,(H,11,13)(H,12,14). The van der Waals surface area contributed by atoms with E-state index in [1.165, 1.54) is 5.56 Å². The van der Waals surface area contributed by atoms with Gasteiger partial charge in [-0.15, -0.1) is 0 Å². The lowest BCUT2D eigenvalue weighted by Crippen LogP contribution is -2.22. The molecule has 14 heavy (non-hydrogen) atoms. The predicted molar refractivity (Wildman–Crippen MR) is 54.0 cm³/mol. The Labute approximate surface area is 82.7 Å². The van der Waals surface area contributed by atoms with Crippen molar-refractivity contribution < 1.29 is 4.79 Å². The number of amides is 1. The van der Waals surface area contributed by atoms with Crippen LogP contribution in [0.3, 0.4) is 0 Å². The van der Waals surface area contributed by atoms with Gasteiger partial charge in [-0.2, -0.15) is 0 Å². The lowest BCUT2D eigenvalue weighted by Gasteiger charge is -2.10. The maximum Gasteiger partial charge on any atom is 0.222 e. The van der Waals surface area contributed by atoms with Crippen LogP contribution in [-0.4, -0.2) is 23.5 Å². The Bertz CT molecular complexity index is 351. The molecule has 1 aliphatic heterocycles. The summed E-state index contributed by atoms with van der Waals surface area (Å²) in [5, 5.41) is 5.99. The summed E-state index contributed by atoms with van der Waals surface area (Å²) in [7, 11) is 0. The minimum absolute atomic E-state index is 0.107. The summed E-state index contributed by atoms with van der Waals surface area (Å²) in [6.07, 6.45) is 2.30. The van der Waals surface area contributed by atoms with Crippen molar-refractivity contribution in [3.8, 4) is 0 Å². The van der Waals surface area contributed by atoms with Crippen LogP contribution in [0.25, 0.3) is 0 Å². The third kappa shape index (κ3) is 2.02. The van der Waals surface area contributed by atoms with Gasteiger partial charge in [0.1, 0.15) is 5.82 Å². The van der Waals surface area contributed by atoms with E-state index in [1.54, 1.807) is 6.20 Å². The number of carbonyl (C=O) groups excluding carboxylic acids is 1. The number of nitrogens with one attached hydrogen (secondary N) is 2. The summed E-state index contributed by atoms with van der Waals surface area (Å²) in [5.41, 5.74) is 1.17. The highest BCUT2D eigenvalue weighted by Gasteiger charge is 2.20. The third-order valence-corrected chi connectivity index (χ3v) is 2.24. The molecule has 0 spiro atoms. The number of aryl methyl sites for hydroxylation is 1. The van der Waals surface area contributed by atoms with Gasteiger partial charge in [0.15, 0.2) is 0 Å². The Morgan fingerprint density at radius 1 is 1.64 bits per heavy atom. The molecule has 0 bridgehead atoms. The summed E-state index contributed by atoms with van der Waals surface area (Å²) in [6, 6.07) is 4.10. The van der Waals surface area contributed by atoms with Crippen molar-refractivity contribution in [2.75, 3.05) is 11.9 Å². The SMILES string of the molecule is Cc1ccnc(NC2CNC(=O)C2)c1. The van der Waals surface area contributed by atoms with Gasteiger partial charge in [0, 0.05) is 19.2 Å². The maximum absolute atomic E-state index is 10.9. The second kappa shape index (κ2) is 3.65. The zero-order valence-corrected chi connectivity index (χ0v) is 8.08. The lowest BCUT2D eigenvalue weighted by molar-refractivity contribution is -0.119. The quantitative estimate of drug-likeness (QED) is 0.723. The minimum atomic E-state index is 0.107. The molecule has 1 aromatic rings. The Kier molecular flexibility index (Phi) is 2.35. The fraction of sp³-hybridized carbons (Fsp3) is 0.400. The van der Waals surface area contributed by atoms with Gasteiger partial charge in [-0.05, 0) is 24.6 Å². The molecule has 1 aromatic heterocycles. The zero-order valence-electron chi connectivity index (χ0n) is 8.08. The average molecular weight is 191 g/mol. The van der Waals surface area contributed by atoms with Crippen molar-refractivity contribution in [3.05, 3.63) is 23.9 Å². The number of carbonyl (C=O) groups is 1. The molecule has 4 nitrogen and oxygen atoms in total. The van der Waals surface area contributed by atoms with Crippen molar-refractivity contribution in [1.29, 1.82) is 0 Å². The number of rotatable bonds is 2. The zero-order chi connectivity index (χ0) is 9.97. The molecule has 1 saturated heterocycles. The monoisotopic (exact) mass is 191 g/mol. The van der Waals surface area contributed by atoms with E-state index in [1.807, 2.05) is 19.1 Å². The fourth-order valence-corrected chi connectivity index (χ4v) is 1.53. The van der Waals surface area contributed by atoms with Crippen LogP contribution in [0.2, 0.25) is 0 Å². The highest BCUT2D eigenvalue weighted by molar-refractivity contribution is 5.79. The molecule has 1 aliphatic rings. The summed E-state index contributed by atoms with van der Waals surface area (Å²) >= 11 is 0. The summed E-state index contributed by atoms with van der Waals surface area (Å²) in [6.45, 7) is 2.71. The lowest BCUT2D eigenvalue weighted by atomic mass is 10.2. The van der Waals surface area contributed by atoms with E-state index in [2.05, 4.69) is 15.6 Å². The molecule has 0 radical (unpaired) electrons. The van der Waals surface area contributed by atoms with Crippen LogP contribution in [0, 0.1) is 6.92 Å². The molecule has 0 aliphatic carbocycles. The van der Waals surface area contributed by atoms with E-state index in [9.17, 15) is 4.79 Å². The van der Waals surface area contributed by atoms with Crippen LogP contribution in [0.5, 0.6) is 0 Å². The molecule has 2 rings (SSSR count). The minimum Gasteiger partial charge on any atom is -0.365 e. The molecule has 4 heteroatoms. The van der Waals surface area contributed by atoms with Crippen LogP contribution in [-0.2, 0) is 4.79 Å². The number of anilines is 1. The van der Waals surface area contributed by atoms with Crippen LogP contribution in [0.1, 0.15) is 12.0 Å². The van der Waals surface area contributed by atoms with E-state index < -0.39 is 0 Å². The van der Waals surface area contributed by atoms with Crippen LogP contribution in [0.15, 0.2) is 18.3 Å². The highest BCUT2D eigenvalue weighted by Crippen LogP contribution is 2.10. The molecular formula is C10H13N3O. The van der Waals surface area contributed by atoms with E-state index >= 15 is 0 Å². The summed E-state index contributed by atoms with van der Waals surface area (Å²) < 4.78 is 0. The summed E-state index contributed by atoms with van der Waals surface area (Å²) in [5.74, 6) is 0.946. The molecule has 1 amide bonds. The smallest absolute Gasteiger partial charge is 0.222 e. The van der Waals surface area contributed by atoms with E-state index in [0.29, 0.717) is 13.0 Å². The van der Waals surface area contributed by atoms with Crippen LogP contribution < -0.4 is 10.6 Å². The number of pyridine rings is 1. The molecule has 1 atom stereocenters. The Hall–Kier alpha value is -1.58. The largest absolute Gasteiger partial charge is 0.365 e. The third-order valence-electron chi connectivity index (χ3n) is 2.24. The Morgan fingerprint density at radius 2 is 2.50 bits per heavy atom. The van der Waals surface area contributed by atoms with Crippen molar-refractivity contribution in [1.82, 2.24) is 10.3 Å². The first-order valence-corrected chi connectivity index (χ1v) is 4.70. The molecule has 1 unspecified atom stereocenters. The van der Waals surface area contributed by atoms with Gasteiger partial charge in [0.25, 0.3) is 0 Å². The number of hydrogen-bond acceptors (Lipinski definition) is 3. The second-order valence-electron chi connectivity index (χ2n) is 3.57. The highest BCUT2D eigenvalue weighted by atomic mass is 16.1. The second-order valence-corrected chi connectivity index (χ2v) is 3.57. The van der Waals surface area contributed by atoms with Gasteiger partial charge in [-0.1, -0.05) is 0 Å². The Balaban J connectivity index is 2.00. The molecule has 1 fully saturated rings. The van der Waals surface area contributed by atoms with Gasteiger partial charge in [0.2, 0.25) is 5.91 Å². The van der Waals surface area contributed by atoms with Crippen LogP contribution >= 0.6 is 0 Å². The molecule has 0 aromatic carbocycles. The van der Waals surface area contributed by atoms with Crippen molar-refractivity contribution >= 4 is 11.7 Å². The number of nitrogens with zero attached hydrogens (tertiary/aromatic N) is 1. The van der Waals surface area contributed by atoms with Gasteiger partial charge >= 0.3 is 0 Å². The Morgan fingerprint density at radius 3 is 3.14 bits per heavy atom.